The first-order valence-corrected chi connectivity index (χ1v) is 6.65. The van der Waals surface area contributed by atoms with Crippen molar-refractivity contribution < 1.29 is 13.9 Å². The van der Waals surface area contributed by atoms with E-state index in [0.29, 0.717) is 6.54 Å². The van der Waals surface area contributed by atoms with E-state index in [1.54, 1.807) is 0 Å². The van der Waals surface area contributed by atoms with E-state index in [0.717, 1.165) is 44.6 Å². The number of aromatic nitrogens is 2. The van der Waals surface area contributed by atoms with Crippen LogP contribution in [-0.2, 0) is 4.79 Å². The zero-order chi connectivity index (χ0) is 13.2. The van der Waals surface area contributed by atoms with E-state index in [1.807, 2.05) is 4.90 Å². The van der Waals surface area contributed by atoms with Crippen molar-refractivity contribution >= 4 is 5.91 Å². The monoisotopic (exact) mass is 265 g/mol. The molecule has 0 aromatic carbocycles. The van der Waals surface area contributed by atoms with Crippen LogP contribution in [0.3, 0.4) is 0 Å². The first kappa shape index (κ1) is 12.3. The molecule has 0 N–H and O–H groups in total. The molecule has 2 aliphatic rings. The highest BCUT2D eigenvalue weighted by molar-refractivity contribution is 5.79. The summed E-state index contributed by atoms with van der Waals surface area (Å²) in [6.45, 7) is 1.30. The average molecular weight is 265 g/mol. The number of ether oxygens (including phenoxy) is 1. The first-order chi connectivity index (χ1) is 9.22. The third-order valence-corrected chi connectivity index (χ3v) is 3.78. The number of likely N-dealkylation sites (tertiary alicyclic amines) is 1. The molecule has 102 valence electrons. The molecule has 0 bridgehead atoms. The molecule has 1 aliphatic heterocycles. The maximum Gasteiger partial charge on any atom is 0.316 e. The molecule has 1 saturated carbocycles. The van der Waals surface area contributed by atoms with Crippen molar-refractivity contribution in [1.29, 1.82) is 0 Å². The van der Waals surface area contributed by atoms with E-state index in [-0.39, 0.29) is 23.9 Å². The number of halogens is 1. The van der Waals surface area contributed by atoms with Crippen LogP contribution in [0.4, 0.5) is 4.39 Å². The summed E-state index contributed by atoms with van der Waals surface area (Å²) in [5, 5.41) is 0. The Morgan fingerprint density at radius 2 is 2.05 bits per heavy atom. The zero-order valence-corrected chi connectivity index (χ0v) is 10.6. The quantitative estimate of drug-likeness (QED) is 0.829. The fourth-order valence-electron chi connectivity index (χ4n) is 2.45. The van der Waals surface area contributed by atoms with Gasteiger partial charge in [-0.25, -0.2) is 14.4 Å². The Hall–Kier alpha value is -1.72. The van der Waals surface area contributed by atoms with Gasteiger partial charge in [0.15, 0.2) is 5.82 Å². The number of carbonyl (C=O) groups is 1. The van der Waals surface area contributed by atoms with Gasteiger partial charge in [-0.05, 0) is 12.8 Å². The van der Waals surface area contributed by atoms with Gasteiger partial charge in [-0.2, -0.15) is 0 Å². The minimum Gasteiger partial charge on any atom is -0.458 e. The van der Waals surface area contributed by atoms with E-state index < -0.39 is 5.82 Å². The van der Waals surface area contributed by atoms with Crippen LogP contribution >= 0.6 is 0 Å². The fraction of sp³-hybridized carbons (Fsp3) is 0.615. The Labute approximate surface area is 110 Å². The van der Waals surface area contributed by atoms with Crippen molar-refractivity contribution in [2.75, 3.05) is 13.1 Å². The van der Waals surface area contributed by atoms with Gasteiger partial charge < -0.3 is 9.64 Å². The zero-order valence-electron chi connectivity index (χ0n) is 10.6. The summed E-state index contributed by atoms with van der Waals surface area (Å²) in [6.07, 6.45) is 6.04. The van der Waals surface area contributed by atoms with Crippen LogP contribution in [0.15, 0.2) is 12.4 Å². The molecule has 5 nitrogen and oxygen atoms in total. The van der Waals surface area contributed by atoms with Crippen LogP contribution in [0.25, 0.3) is 0 Å². The molecule has 1 aliphatic carbocycles. The van der Waals surface area contributed by atoms with Crippen LogP contribution < -0.4 is 4.74 Å². The largest absolute Gasteiger partial charge is 0.458 e. The lowest BCUT2D eigenvalue weighted by Gasteiger charge is -2.28. The second kappa shape index (κ2) is 5.11. The van der Waals surface area contributed by atoms with Crippen LogP contribution in [0.1, 0.15) is 25.7 Å². The van der Waals surface area contributed by atoms with Gasteiger partial charge in [-0.1, -0.05) is 6.42 Å². The van der Waals surface area contributed by atoms with E-state index in [4.69, 9.17) is 4.74 Å². The van der Waals surface area contributed by atoms with Gasteiger partial charge in [0, 0.05) is 18.9 Å². The molecule has 1 amide bonds. The molecule has 1 saturated heterocycles. The Morgan fingerprint density at radius 1 is 1.32 bits per heavy atom. The minimum atomic E-state index is -0.486. The Bertz CT molecular complexity index is 461. The third kappa shape index (κ3) is 2.67. The van der Waals surface area contributed by atoms with Crippen molar-refractivity contribution in [3.05, 3.63) is 18.2 Å². The SMILES string of the molecule is O=C(C1CCC1)N1CC[C@H](Oc2ncc(F)cn2)C1. The van der Waals surface area contributed by atoms with E-state index in [9.17, 15) is 9.18 Å². The highest BCUT2D eigenvalue weighted by atomic mass is 19.1. The topological polar surface area (TPSA) is 55.3 Å². The van der Waals surface area contributed by atoms with E-state index in [1.165, 1.54) is 0 Å². The van der Waals surface area contributed by atoms with Gasteiger partial charge in [0.2, 0.25) is 5.91 Å². The molecular weight excluding hydrogens is 249 g/mol. The van der Waals surface area contributed by atoms with Crippen molar-refractivity contribution in [2.24, 2.45) is 5.92 Å². The smallest absolute Gasteiger partial charge is 0.316 e. The number of nitrogens with zero attached hydrogens (tertiary/aromatic N) is 3. The Balaban J connectivity index is 1.54. The molecule has 1 aromatic heterocycles. The third-order valence-electron chi connectivity index (χ3n) is 3.78. The lowest BCUT2D eigenvalue weighted by atomic mass is 9.84. The summed E-state index contributed by atoms with van der Waals surface area (Å²) < 4.78 is 18.2. The number of hydrogen-bond donors (Lipinski definition) is 0. The molecule has 6 heteroatoms. The molecule has 19 heavy (non-hydrogen) atoms. The van der Waals surface area contributed by atoms with Gasteiger partial charge in [0.05, 0.1) is 18.9 Å². The highest BCUT2D eigenvalue weighted by Crippen LogP contribution is 2.29. The van der Waals surface area contributed by atoms with Crippen molar-refractivity contribution in [3.63, 3.8) is 0 Å². The van der Waals surface area contributed by atoms with E-state index >= 15 is 0 Å². The van der Waals surface area contributed by atoms with Gasteiger partial charge in [-0.3, -0.25) is 4.79 Å². The summed E-state index contributed by atoms with van der Waals surface area (Å²) in [6, 6.07) is 0.171. The van der Waals surface area contributed by atoms with Crippen LogP contribution in [0, 0.1) is 11.7 Å². The molecule has 1 aromatic rings. The highest BCUT2D eigenvalue weighted by Gasteiger charge is 2.34. The first-order valence-electron chi connectivity index (χ1n) is 6.65. The van der Waals surface area contributed by atoms with Crippen LogP contribution in [0.5, 0.6) is 6.01 Å². The molecule has 0 unspecified atom stereocenters. The lowest BCUT2D eigenvalue weighted by molar-refractivity contribution is -0.137. The van der Waals surface area contributed by atoms with Crippen molar-refractivity contribution in [1.82, 2.24) is 14.9 Å². The Morgan fingerprint density at radius 3 is 2.68 bits per heavy atom. The van der Waals surface area contributed by atoms with Gasteiger partial charge in [-0.15, -0.1) is 0 Å². The van der Waals surface area contributed by atoms with Gasteiger partial charge in [0.1, 0.15) is 6.10 Å². The lowest BCUT2D eigenvalue weighted by Crippen LogP contribution is -2.38. The van der Waals surface area contributed by atoms with Crippen LogP contribution in [0.2, 0.25) is 0 Å². The number of amides is 1. The van der Waals surface area contributed by atoms with Gasteiger partial charge >= 0.3 is 6.01 Å². The Kier molecular flexibility index (Phi) is 3.31. The number of carbonyl (C=O) groups excluding carboxylic acids is 1. The molecule has 2 fully saturated rings. The van der Waals surface area contributed by atoms with Gasteiger partial charge in [0.25, 0.3) is 0 Å². The summed E-state index contributed by atoms with van der Waals surface area (Å²) in [7, 11) is 0. The predicted octanol–water partition coefficient (Wildman–Crippen LogP) is 1.40. The van der Waals surface area contributed by atoms with Crippen molar-refractivity contribution in [2.45, 2.75) is 31.8 Å². The standard InChI is InChI=1S/C13H16FN3O2/c14-10-6-15-13(16-7-10)19-11-4-5-17(8-11)12(18)9-2-1-3-9/h6-7,9,11H,1-5,8H2/t11-/m0/s1. The van der Waals surface area contributed by atoms with Crippen LogP contribution in [-0.4, -0.2) is 40.0 Å². The summed E-state index contributed by atoms with van der Waals surface area (Å²) in [5.41, 5.74) is 0. The molecule has 1 atom stereocenters. The summed E-state index contributed by atoms with van der Waals surface area (Å²) >= 11 is 0. The van der Waals surface area contributed by atoms with E-state index in [2.05, 4.69) is 9.97 Å². The molecule has 3 rings (SSSR count). The second-order valence-corrected chi connectivity index (χ2v) is 5.12. The molecular formula is C13H16FN3O2. The maximum atomic E-state index is 12.7. The predicted molar refractivity (Wildman–Crippen MR) is 64.9 cm³/mol. The second-order valence-electron chi connectivity index (χ2n) is 5.12. The summed E-state index contributed by atoms with van der Waals surface area (Å²) in [5.74, 6) is -0.0150. The summed E-state index contributed by atoms with van der Waals surface area (Å²) in [4.78, 5) is 21.4. The normalized spacial score (nSPS) is 23.2. The minimum absolute atomic E-state index is 0.0884. The average Bonchev–Trinajstić information content (AvgIpc) is 2.78. The molecule has 0 radical (unpaired) electrons. The number of hydrogen-bond acceptors (Lipinski definition) is 4. The number of rotatable bonds is 3. The van der Waals surface area contributed by atoms with Crippen molar-refractivity contribution in [3.8, 4) is 6.01 Å². The molecule has 2 heterocycles. The maximum absolute atomic E-state index is 12.7. The molecule has 0 spiro atoms. The fourth-order valence-corrected chi connectivity index (χ4v) is 2.45.